The van der Waals surface area contributed by atoms with Crippen molar-refractivity contribution in [3.63, 3.8) is 0 Å². The van der Waals surface area contributed by atoms with Gasteiger partial charge in [-0.05, 0) is 31.0 Å². The van der Waals surface area contributed by atoms with Crippen molar-refractivity contribution in [3.8, 4) is 5.75 Å². The minimum absolute atomic E-state index is 0.0498. The molecule has 1 aromatic carbocycles. The average molecular weight is 372 g/mol. The van der Waals surface area contributed by atoms with Crippen LogP contribution in [0.2, 0.25) is 0 Å². The zero-order valence-electron chi connectivity index (χ0n) is 15.6. The van der Waals surface area contributed by atoms with E-state index in [1.54, 1.807) is 13.0 Å². The summed E-state index contributed by atoms with van der Waals surface area (Å²) in [6.07, 6.45) is 1.05. The molecule has 0 radical (unpaired) electrons. The second-order valence-electron chi connectivity index (χ2n) is 5.61. The number of esters is 1. The van der Waals surface area contributed by atoms with E-state index in [1.807, 2.05) is 0 Å². The molecule has 0 bridgehead atoms. The summed E-state index contributed by atoms with van der Waals surface area (Å²) in [5.41, 5.74) is 0.765. The summed E-state index contributed by atoms with van der Waals surface area (Å²) in [6.45, 7) is 7.69. The number of rotatable bonds is 15. The Bertz CT molecular complexity index is 509. The maximum absolute atomic E-state index is 13.6. The molecule has 0 aromatic heterocycles. The van der Waals surface area contributed by atoms with Crippen LogP contribution in [0.1, 0.15) is 25.3 Å². The molecule has 0 aliphatic carbocycles. The molecule has 0 fully saturated rings. The Balaban J connectivity index is 1.92. The monoisotopic (exact) mass is 372 g/mol. The number of benzene rings is 1. The van der Waals surface area contributed by atoms with Gasteiger partial charge in [0, 0.05) is 6.61 Å². The number of ether oxygens (including phenoxy) is 5. The third-order valence-corrected chi connectivity index (χ3v) is 3.23. The Morgan fingerprint density at radius 3 is 1.96 bits per heavy atom. The molecule has 0 amide bonds. The summed E-state index contributed by atoms with van der Waals surface area (Å²) in [7, 11) is 0. The van der Waals surface area contributed by atoms with Crippen LogP contribution in [0.5, 0.6) is 5.75 Å². The fourth-order valence-corrected chi connectivity index (χ4v) is 1.92. The van der Waals surface area contributed by atoms with Gasteiger partial charge in [0.2, 0.25) is 0 Å². The third-order valence-electron chi connectivity index (χ3n) is 3.23. The lowest BCUT2D eigenvalue weighted by Crippen LogP contribution is -2.15. The molecule has 0 aliphatic heterocycles. The highest BCUT2D eigenvalue weighted by Gasteiger charge is 2.09. The Labute approximate surface area is 154 Å². The van der Waals surface area contributed by atoms with Gasteiger partial charge in [0.25, 0.3) is 0 Å². The quantitative estimate of drug-likeness (QED) is 0.268. The van der Waals surface area contributed by atoms with Crippen LogP contribution >= 0.6 is 0 Å². The molecule has 6 nitrogen and oxygen atoms in total. The maximum Gasteiger partial charge on any atom is 0.313 e. The molecular formula is C19H29FO6. The van der Waals surface area contributed by atoms with Gasteiger partial charge in [-0.1, -0.05) is 13.0 Å². The number of carbonyl (C=O) groups is 1. The number of aryl methyl sites for hydroxylation is 1. The highest BCUT2D eigenvalue weighted by molar-refractivity contribution is 5.72. The minimum Gasteiger partial charge on any atom is -0.423 e. The largest absolute Gasteiger partial charge is 0.423 e. The average Bonchev–Trinajstić information content (AvgIpc) is 2.61. The first-order chi connectivity index (χ1) is 12.6. The van der Waals surface area contributed by atoms with E-state index in [-0.39, 0.29) is 18.8 Å². The van der Waals surface area contributed by atoms with E-state index >= 15 is 0 Å². The normalized spacial score (nSPS) is 10.9. The van der Waals surface area contributed by atoms with Crippen molar-refractivity contribution in [2.75, 3.05) is 52.9 Å². The summed E-state index contributed by atoms with van der Waals surface area (Å²) in [5.74, 6) is -1.15. The van der Waals surface area contributed by atoms with Crippen LogP contribution in [0.25, 0.3) is 0 Å². The van der Waals surface area contributed by atoms with Crippen LogP contribution in [0.3, 0.4) is 0 Å². The zero-order valence-corrected chi connectivity index (χ0v) is 15.6. The van der Waals surface area contributed by atoms with E-state index in [0.29, 0.717) is 39.6 Å². The second kappa shape index (κ2) is 14.6. The van der Waals surface area contributed by atoms with Gasteiger partial charge >= 0.3 is 5.97 Å². The predicted molar refractivity (Wildman–Crippen MR) is 95.0 cm³/mol. The summed E-state index contributed by atoms with van der Waals surface area (Å²) < 4.78 is 39.7. The van der Waals surface area contributed by atoms with Gasteiger partial charge < -0.3 is 23.7 Å². The van der Waals surface area contributed by atoms with Crippen molar-refractivity contribution in [1.29, 1.82) is 0 Å². The standard InChI is InChI=1S/C19H29FO6/c1-3-7-22-9-11-24-13-14-25-12-10-23-8-6-19(21)26-18-5-4-16(2)15-17(18)20/h4-5,15H,3,6-14H2,1-2H3. The van der Waals surface area contributed by atoms with Crippen molar-refractivity contribution in [2.24, 2.45) is 0 Å². The fourth-order valence-electron chi connectivity index (χ4n) is 1.92. The highest BCUT2D eigenvalue weighted by atomic mass is 19.1. The van der Waals surface area contributed by atoms with Crippen LogP contribution in [-0.4, -0.2) is 58.8 Å². The first kappa shape index (κ1) is 22.5. The van der Waals surface area contributed by atoms with Crippen LogP contribution < -0.4 is 4.74 Å². The molecule has 26 heavy (non-hydrogen) atoms. The third kappa shape index (κ3) is 11.1. The zero-order chi connectivity index (χ0) is 19.0. The van der Waals surface area contributed by atoms with E-state index in [9.17, 15) is 9.18 Å². The van der Waals surface area contributed by atoms with Gasteiger partial charge in [-0.25, -0.2) is 4.39 Å². The van der Waals surface area contributed by atoms with E-state index in [0.717, 1.165) is 18.6 Å². The summed E-state index contributed by atoms with van der Waals surface area (Å²) in [6, 6.07) is 4.44. The van der Waals surface area contributed by atoms with Crippen molar-refractivity contribution in [1.82, 2.24) is 0 Å². The second-order valence-corrected chi connectivity index (χ2v) is 5.61. The highest BCUT2D eigenvalue weighted by Crippen LogP contribution is 2.18. The van der Waals surface area contributed by atoms with E-state index in [4.69, 9.17) is 23.7 Å². The number of hydrogen-bond donors (Lipinski definition) is 0. The molecule has 148 valence electrons. The molecule has 1 rings (SSSR count). The number of hydrogen-bond acceptors (Lipinski definition) is 6. The molecular weight excluding hydrogens is 343 g/mol. The Morgan fingerprint density at radius 1 is 0.885 bits per heavy atom. The van der Waals surface area contributed by atoms with Crippen molar-refractivity contribution < 1.29 is 32.9 Å². The lowest BCUT2D eigenvalue weighted by atomic mass is 10.2. The fraction of sp³-hybridized carbons (Fsp3) is 0.632. The van der Waals surface area contributed by atoms with Crippen LogP contribution in [-0.2, 0) is 23.7 Å². The van der Waals surface area contributed by atoms with E-state index < -0.39 is 11.8 Å². The molecule has 0 saturated carbocycles. The minimum atomic E-state index is -0.549. The summed E-state index contributed by atoms with van der Waals surface area (Å²) in [4.78, 5) is 11.6. The number of halogens is 1. The van der Waals surface area contributed by atoms with Gasteiger partial charge in [0.1, 0.15) is 0 Å². The smallest absolute Gasteiger partial charge is 0.313 e. The van der Waals surface area contributed by atoms with Gasteiger partial charge in [0.05, 0.1) is 52.7 Å². The van der Waals surface area contributed by atoms with E-state index in [2.05, 4.69) is 6.92 Å². The van der Waals surface area contributed by atoms with Gasteiger partial charge in [0.15, 0.2) is 11.6 Å². The maximum atomic E-state index is 13.6. The van der Waals surface area contributed by atoms with Crippen LogP contribution in [0.4, 0.5) is 4.39 Å². The van der Waals surface area contributed by atoms with Crippen LogP contribution in [0, 0.1) is 12.7 Å². The number of carbonyl (C=O) groups excluding carboxylic acids is 1. The molecule has 0 N–H and O–H groups in total. The molecule has 7 heteroatoms. The summed E-state index contributed by atoms with van der Waals surface area (Å²) >= 11 is 0. The summed E-state index contributed by atoms with van der Waals surface area (Å²) in [5, 5.41) is 0. The Kier molecular flexibility index (Phi) is 12.6. The molecule has 0 spiro atoms. The molecule has 0 unspecified atom stereocenters. The SMILES string of the molecule is CCCOCCOCCOCCOCCC(=O)Oc1ccc(C)cc1F. The first-order valence-corrected chi connectivity index (χ1v) is 8.91. The van der Waals surface area contributed by atoms with Gasteiger partial charge in [-0.2, -0.15) is 0 Å². The first-order valence-electron chi connectivity index (χ1n) is 8.91. The van der Waals surface area contributed by atoms with Crippen LogP contribution in [0.15, 0.2) is 18.2 Å². The molecule has 0 saturated heterocycles. The molecule has 0 heterocycles. The Hall–Kier alpha value is -1.54. The van der Waals surface area contributed by atoms with E-state index in [1.165, 1.54) is 12.1 Å². The molecule has 0 aliphatic rings. The Morgan fingerprint density at radius 2 is 1.42 bits per heavy atom. The van der Waals surface area contributed by atoms with Crippen molar-refractivity contribution >= 4 is 5.97 Å². The molecule has 1 aromatic rings. The predicted octanol–water partition coefficient (Wildman–Crippen LogP) is 2.91. The lowest BCUT2D eigenvalue weighted by molar-refractivity contribution is -0.135. The van der Waals surface area contributed by atoms with Gasteiger partial charge in [-0.3, -0.25) is 4.79 Å². The lowest BCUT2D eigenvalue weighted by Gasteiger charge is -2.08. The van der Waals surface area contributed by atoms with Crippen molar-refractivity contribution in [3.05, 3.63) is 29.6 Å². The van der Waals surface area contributed by atoms with Gasteiger partial charge in [-0.15, -0.1) is 0 Å². The van der Waals surface area contributed by atoms with Crippen molar-refractivity contribution in [2.45, 2.75) is 26.7 Å². The molecule has 0 atom stereocenters. The topological polar surface area (TPSA) is 63.2 Å².